The van der Waals surface area contributed by atoms with Gasteiger partial charge < -0.3 is 8.83 Å². The van der Waals surface area contributed by atoms with Crippen LogP contribution in [0.3, 0.4) is 0 Å². The van der Waals surface area contributed by atoms with E-state index in [0.717, 1.165) is 41.6 Å². The summed E-state index contributed by atoms with van der Waals surface area (Å²) in [4.78, 5) is 0. The topological polar surface area (TPSA) is 26.3 Å². The summed E-state index contributed by atoms with van der Waals surface area (Å²) in [5, 5.41) is 2.18. The minimum Gasteiger partial charge on any atom is -0.466 e. The van der Waals surface area contributed by atoms with E-state index in [0.29, 0.717) is 0 Å². The van der Waals surface area contributed by atoms with Crippen molar-refractivity contribution in [1.82, 2.24) is 0 Å². The molecule has 0 atom stereocenters. The van der Waals surface area contributed by atoms with Crippen molar-refractivity contribution in [3.63, 3.8) is 0 Å². The molecule has 2 aromatic heterocycles. The molecular formula is C24H34O2S. The summed E-state index contributed by atoms with van der Waals surface area (Å²) in [5.41, 5.74) is 1.61. The first-order chi connectivity index (χ1) is 12.5. The summed E-state index contributed by atoms with van der Waals surface area (Å²) < 4.78 is 11.7. The second-order valence-corrected chi connectivity index (χ2v) is 10.1. The average molecular weight is 387 g/mol. The summed E-state index contributed by atoms with van der Waals surface area (Å²) in [5.74, 6) is 4.95. The van der Waals surface area contributed by atoms with Gasteiger partial charge in [0.25, 0.3) is 0 Å². The SMILES string of the molecule is C/C(=C\C(C)(C)C)Cc1ccc(CC(C)(C)/C=C/SCc2ccc(C)o2)o1. The summed E-state index contributed by atoms with van der Waals surface area (Å²) in [7, 11) is 0. The van der Waals surface area contributed by atoms with Crippen molar-refractivity contribution in [3.8, 4) is 0 Å². The third kappa shape index (κ3) is 8.30. The molecule has 0 fully saturated rings. The Hall–Kier alpha value is -1.61. The fourth-order valence-electron chi connectivity index (χ4n) is 3.11. The van der Waals surface area contributed by atoms with Crippen LogP contribution in [-0.2, 0) is 18.6 Å². The van der Waals surface area contributed by atoms with Crippen LogP contribution in [0.2, 0.25) is 0 Å². The number of rotatable bonds is 8. The minimum atomic E-state index is 0.0531. The molecule has 148 valence electrons. The molecule has 0 radical (unpaired) electrons. The number of furan rings is 2. The molecule has 0 aliphatic carbocycles. The largest absolute Gasteiger partial charge is 0.466 e. The van der Waals surface area contributed by atoms with Crippen molar-refractivity contribution in [1.29, 1.82) is 0 Å². The summed E-state index contributed by atoms with van der Waals surface area (Å²) in [6, 6.07) is 8.29. The molecule has 0 N–H and O–H groups in total. The van der Waals surface area contributed by atoms with E-state index in [1.807, 2.05) is 19.1 Å². The Kier molecular flexibility index (Phi) is 7.27. The molecule has 2 heterocycles. The predicted octanol–water partition coefficient (Wildman–Crippen LogP) is 7.73. The third-order valence-corrected chi connectivity index (χ3v) is 4.90. The average Bonchev–Trinajstić information content (AvgIpc) is 3.10. The lowest BCUT2D eigenvalue weighted by atomic mass is 9.88. The van der Waals surface area contributed by atoms with Gasteiger partial charge in [-0.05, 0) is 54.4 Å². The number of hydrogen-bond donors (Lipinski definition) is 0. The molecule has 0 spiro atoms. The molecule has 0 aromatic carbocycles. The highest BCUT2D eigenvalue weighted by Gasteiger charge is 2.17. The predicted molar refractivity (Wildman–Crippen MR) is 117 cm³/mol. The van der Waals surface area contributed by atoms with Crippen LogP contribution in [-0.4, -0.2) is 0 Å². The molecular weight excluding hydrogens is 352 g/mol. The van der Waals surface area contributed by atoms with Gasteiger partial charge in [-0.25, -0.2) is 0 Å². The van der Waals surface area contributed by atoms with Crippen LogP contribution in [0.4, 0.5) is 0 Å². The highest BCUT2D eigenvalue weighted by atomic mass is 32.2. The summed E-state index contributed by atoms with van der Waals surface area (Å²) >= 11 is 1.76. The van der Waals surface area contributed by atoms with Gasteiger partial charge in [-0.2, -0.15) is 0 Å². The van der Waals surface area contributed by atoms with Gasteiger partial charge in [0.1, 0.15) is 23.0 Å². The van der Waals surface area contributed by atoms with Crippen LogP contribution < -0.4 is 0 Å². The fraction of sp³-hybridized carbons (Fsp3) is 0.500. The Bertz CT molecular complexity index is 781. The Balaban J connectivity index is 1.87. The van der Waals surface area contributed by atoms with E-state index in [1.54, 1.807) is 11.8 Å². The molecule has 0 aliphatic heterocycles. The molecule has 0 aliphatic rings. The summed E-state index contributed by atoms with van der Waals surface area (Å²) in [6.45, 7) is 15.3. The third-order valence-electron chi connectivity index (χ3n) is 4.12. The van der Waals surface area contributed by atoms with Crippen molar-refractivity contribution in [2.45, 2.75) is 67.1 Å². The Morgan fingerprint density at radius 3 is 2.26 bits per heavy atom. The van der Waals surface area contributed by atoms with Gasteiger partial charge in [0.05, 0.1) is 5.75 Å². The Labute approximate surface area is 169 Å². The van der Waals surface area contributed by atoms with E-state index >= 15 is 0 Å². The highest BCUT2D eigenvalue weighted by molar-refractivity contribution is 8.01. The number of hydrogen-bond acceptors (Lipinski definition) is 3. The van der Waals surface area contributed by atoms with Gasteiger partial charge in [-0.3, -0.25) is 0 Å². The van der Waals surface area contributed by atoms with E-state index in [1.165, 1.54) is 5.57 Å². The van der Waals surface area contributed by atoms with Crippen molar-refractivity contribution in [3.05, 3.63) is 70.4 Å². The van der Waals surface area contributed by atoms with E-state index in [9.17, 15) is 0 Å². The molecule has 0 saturated heterocycles. The molecule has 2 aromatic rings. The lowest BCUT2D eigenvalue weighted by molar-refractivity contribution is 0.392. The fourth-order valence-corrected chi connectivity index (χ4v) is 3.99. The molecule has 0 unspecified atom stereocenters. The van der Waals surface area contributed by atoms with Crippen molar-refractivity contribution in [2.75, 3.05) is 0 Å². The van der Waals surface area contributed by atoms with E-state index in [2.05, 4.69) is 71.2 Å². The zero-order valence-electron chi connectivity index (χ0n) is 17.9. The first-order valence-corrected chi connectivity index (χ1v) is 10.7. The maximum atomic E-state index is 6.09. The number of allylic oxidation sites excluding steroid dienone is 3. The van der Waals surface area contributed by atoms with E-state index in [-0.39, 0.29) is 10.8 Å². The second-order valence-electron chi connectivity index (χ2n) is 9.19. The molecule has 3 heteroatoms. The van der Waals surface area contributed by atoms with Gasteiger partial charge in [0.2, 0.25) is 0 Å². The van der Waals surface area contributed by atoms with Gasteiger partial charge in [0.15, 0.2) is 0 Å². The van der Waals surface area contributed by atoms with E-state index in [4.69, 9.17) is 8.83 Å². The highest BCUT2D eigenvalue weighted by Crippen LogP contribution is 2.28. The van der Waals surface area contributed by atoms with Crippen LogP contribution in [0.5, 0.6) is 0 Å². The van der Waals surface area contributed by atoms with Crippen molar-refractivity contribution < 1.29 is 8.83 Å². The second kappa shape index (κ2) is 9.05. The minimum absolute atomic E-state index is 0.0531. The van der Waals surface area contributed by atoms with Crippen LogP contribution in [0.15, 0.2) is 56.2 Å². The van der Waals surface area contributed by atoms with Crippen LogP contribution >= 0.6 is 11.8 Å². The molecule has 0 bridgehead atoms. The number of aryl methyl sites for hydroxylation is 1. The van der Waals surface area contributed by atoms with Crippen LogP contribution in [0, 0.1) is 17.8 Å². The van der Waals surface area contributed by atoms with Gasteiger partial charge in [-0.15, -0.1) is 11.8 Å². The van der Waals surface area contributed by atoms with Crippen LogP contribution in [0.1, 0.15) is 64.6 Å². The lowest BCUT2D eigenvalue weighted by Gasteiger charge is -2.18. The standard InChI is InChI=1S/C24H34O2S/c1-18(15-23(3,4)5)14-20-10-11-21(26-20)16-24(6,7)12-13-27-17-22-9-8-19(2)25-22/h8-13,15H,14,16-17H2,1-7H3/b13-12+,18-15+. The van der Waals surface area contributed by atoms with E-state index < -0.39 is 0 Å². The van der Waals surface area contributed by atoms with Crippen LogP contribution in [0.25, 0.3) is 0 Å². The normalized spacial score (nSPS) is 13.7. The molecule has 2 rings (SSSR count). The molecule has 2 nitrogen and oxygen atoms in total. The monoisotopic (exact) mass is 386 g/mol. The maximum Gasteiger partial charge on any atom is 0.114 e. The zero-order chi connectivity index (χ0) is 20.1. The first-order valence-electron chi connectivity index (χ1n) is 9.63. The quantitative estimate of drug-likeness (QED) is 0.434. The van der Waals surface area contributed by atoms with Gasteiger partial charge in [0, 0.05) is 12.8 Å². The smallest absolute Gasteiger partial charge is 0.114 e. The van der Waals surface area contributed by atoms with Gasteiger partial charge >= 0.3 is 0 Å². The van der Waals surface area contributed by atoms with Gasteiger partial charge in [-0.1, -0.05) is 52.3 Å². The summed E-state index contributed by atoms with van der Waals surface area (Å²) in [6.07, 6.45) is 6.36. The molecule has 0 amide bonds. The first kappa shape index (κ1) is 21.7. The van der Waals surface area contributed by atoms with Crippen molar-refractivity contribution >= 4 is 11.8 Å². The maximum absolute atomic E-state index is 6.09. The molecule has 0 saturated carbocycles. The van der Waals surface area contributed by atoms with Crippen molar-refractivity contribution in [2.24, 2.45) is 10.8 Å². The number of thioether (sulfide) groups is 1. The Morgan fingerprint density at radius 1 is 0.963 bits per heavy atom. The Morgan fingerprint density at radius 2 is 1.63 bits per heavy atom. The molecule has 27 heavy (non-hydrogen) atoms. The lowest BCUT2D eigenvalue weighted by Crippen LogP contribution is -2.10. The zero-order valence-corrected chi connectivity index (χ0v) is 18.7.